The summed E-state index contributed by atoms with van der Waals surface area (Å²) in [5.74, 6) is 0.955. The maximum atomic E-state index is 5.15. The van der Waals surface area contributed by atoms with Crippen molar-refractivity contribution < 1.29 is 4.74 Å². The van der Waals surface area contributed by atoms with Crippen LogP contribution in [0, 0.1) is 0 Å². The van der Waals surface area contributed by atoms with E-state index in [0.717, 1.165) is 17.5 Å². The van der Waals surface area contributed by atoms with Crippen molar-refractivity contribution in [2.45, 2.75) is 19.3 Å². The first-order valence-electron chi connectivity index (χ1n) is 4.55. The minimum absolute atomic E-state index is 0.955. The van der Waals surface area contributed by atoms with E-state index < -0.39 is 0 Å². The largest absolute Gasteiger partial charge is 0.497 e. The number of hydrogen-bond acceptors (Lipinski definition) is 1. The molecule has 0 amide bonds. The van der Waals surface area contributed by atoms with Crippen molar-refractivity contribution in [1.29, 1.82) is 0 Å². The second-order valence-electron chi connectivity index (χ2n) is 3.00. The molecule has 1 rings (SSSR count). The number of aryl methyl sites for hydroxylation is 1. The van der Waals surface area contributed by atoms with Gasteiger partial charge in [0.15, 0.2) is 0 Å². The number of methoxy groups -OCH3 is 1. The van der Waals surface area contributed by atoms with Crippen LogP contribution in [0.2, 0.25) is 0 Å². The highest BCUT2D eigenvalue weighted by Gasteiger charge is 1.95. The zero-order valence-electron chi connectivity index (χ0n) is 7.92. The molecule has 0 bridgehead atoms. The predicted octanol–water partition coefficient (Wildman–Crippen LogP) is 3.41. The second kappa shape index (κ2) is 6.03. The zero-order chi connectivity index (χ0) is 9.52. The summed E-state index contributed by atoms with van der Waals surface area (Å²) in [5.41, 5.74) is 1.36. The number of hydrogen-bond donors (Lipinski definition) is 0. The Morgan fingerprint density at radius 2 is 2.15 bits per heavy atom. The minimum Gasteiger partial charge on any atom is -0.497 e. The predicted molar refractivity (Wildman–Crippen MR) is 59.7 cm³/mol. The Kier molecular flexibility index (Phi) is 4.91. The van der Waals surface area contributed by atoms with Crippen LogP contribution in [-0.4, -0.2) is 12.4 Å². The second-order valence-corrected chi connectivity index (χ2v) is 3.79. The van der Waals surface area contributed by atoms with Crippen LogP contribution in [0.5, 0.6) is 5.75 Å². The molecule has 13 heavy (non-hydrogen) atoms. The third-order valence-corrected chi connectivity index (χ3v) is 2.54. The van der Waals surface area contributed by atoms with Crippen molar-refractivity contribution in [2.24, 2.45) is 0 Å². The molecule has 0 N–H and O–H groups in total. The van der Waals surface area contributed by atoms with E-state index in [-0.39, 0.29) is 0 Å². The van der Waals surface area contributed by atoms with Gasteiger partial charge in [0.05, 0.1) is 7.11 Å². The Hall–Kier alpha value is -0.500. The van der Waals surface area contributed by atoms with E-state index in [0.29, 0.717) is 0 Å². The number of alkyl halides is 1. The average Bonchev–Trinajstić information content (AvgIpc) is 2.19. The molecule has 72 valence electrons. The van der Waals surface area contributed by atoms with Crippen LogP contribution in [0.3, 0.4) is 0 Å². The van der Waals surface area contributed by atoms with Gasteiger partial charge in [-0.2, -0.15) is 0 Å². The molecule has 1 nitrogen and oxygen atoms in total. The molecule has 0 saturated carbocycles. The molecule has 0 heterocycles. The van der Waals surface area contributed by atoms with E-state index in [1.165, 1.54) is 18.4 Å². The van der Waals surface area contributed by atoms with Gasteiger partial charge in [-0.3, -0.25) is 0 Å². The molecule has 0 aliphatic rings. The Balaban J connectivity index is 2.46. The molecule has 1 aromatic rings. The quantitative estimate of drug-likeness (QED) is 0.568. The fraction of sp³-hybridized carbons (Fsp3) is 0.455. The molecule has 0 fully saturated rings. The standard InChI is InChI=1S/C11H15BrO/c1-13-11-7-4-6-10(9-11)5-2-3-8-12/h4,6-7,9H,2-3,5,8H2,1H3. The Morgan fingerprint density at radius 3 is 2.85 bits per heavy atom. The van der Waals surface area contributed by atoms with Gasteiger partial charge in [0, 0.05) is 5.33 Å². The van der Waals surface area contributed by atoms with Gasteiger partial charge in [-0.05, 0) is 37.0 Å². The Bertz CT molecular complexity index is 248. The highest BCUT2D eigenvalue weighted by atomic mass is 79.9. The van der Waals surface area contributed by atoms with Gasteiger partial charge in [-0.15, -0.1) is 0 Å². The molecule has 1 aromatic carbocycles. The maximum absolute atomic E-state index is 5.15. The fourth-order valence-electron chi connectivity index (χ4n) is 1.25. The van der Waals surface area contributed by atoms with E-state index in [4.69, 9.17) is 4.74 Å². The zero-order valence-corrected chi connectivity index (χ0v) is 9.51. The van der Waals surface area contributed by atoms with Crippen LogP contribution in [0.4, 0.5) is 0 Å². The maximum Gasteiger partial charge on any atom is 0.119 e. The third kappa shape index (κ3) is 3.81. The van der Waals surface area contributed by atoms with Crippen LogP contribution in [0.1, 0.15) is 18.4 Å². The molecule has 0 unspecified atom stereocenters. The molecule has 0 aliphatic heterocycles. The van der Waals surface area contributed by atoms with Gasteiger partial charge in [-0.1, -0.05) is 28.1 Å². The number of ether oxygens (including phenoxy) is 1. The number of benzene rings is 1. The SMILES string of the molecule is COc1cccc(CCCCBr)c1. The molecule has 2 heteroatoms. The van der Waals surface area contributed by atoms with Crippen LogP contribution in [-0.2, 0) is 6.42 Å². The van der Waals surface area contributed by atoms with Gasteiger partial charge in [0.1, 0.15) is 5.75 Å². The molecular weight excluding hydrogens is 228 g/mol. The summed E-state index contributed by atoms with van der Waals surface area (Å²) in [6, 6.07) is 8.28. The Labute approximate surface area is 88.2 Å². The monoisotopic (exact) mass is 242 g/mol. The van der Waals surface area contributed by atoms with E-state index in [2.05, 4.69) is 28.1 Å². The van der Waals surface area contributed by atoms with Gasteiger partial charge in [-0.25, -0.2) is 0 Å². The highest BCUT2D eigenvalue weighted by molar-refractivity contribution is 9.09. The fourth-order valence-corrected chi connectivity index (χ4v) is 1.65. The molecule has 0 aromatic heterocycles. The van der Waals surface area contributed by atoms with Crippen LogP contribution < -0.4 is 4.74 Å². The van der Waals surface area contributed by atoms with Crippen molar-refractivity contribution >= 4 is 15.9 Å². The smallest absolute Gasteiger partial charge is 0.119 e. The normalized spacial score (nSPS) is 10.0. The Morgan fingerprint density at radius 1 is 1.31 bits per heavy atom. The van der Waals surface area contributed by atoms with Crippen molar-refractivity contribution in [2.75, 3.05) is 12.4 Å². The summed E-state index contributed by atoms with van der Waals surface area (Å²) in [6.07, 6.45) is 3.61. The molecule has 0 aliphatic carbocycles. The first kappa shape index (κ1) is 10.6. The van der Waals surface area contributed by atoms with Crippen molar-refractivity contribution in [3.05, 3.63) is 29.8 Å². The summed E-state index contributed by atoms with van der Waals surface area (Å²) in [6.45, 7) is 0. The average molecular weight is 243 g/mol. The molecule has 0 radical (unpaired) electrons. The summed E-state index contributed by atoms with van der Waals surface area (Å²) in [5, 5.41) is 1.09. The summed E-state index contributed by atoms with van der Waals surface area (Å²) in [7, 11) is 1.71. The summed E-state index contributed by atoms with van der Waals surface area (Å²) < 4.78 is 5.15. The minimum atomic E-state index is 0.955. The first-order chi connectivity index (χ1) is 6.36. The van der Waals surface area contributed by atoms with E-state index in [9.17, 15) is 0 Å². The van der Waals surface area contributed by atoms with Crippen LogP contribution in [0.15, 0.2) is 24.3 Å². The molecule has 0 atom stereocenters. The van der Waals surface area contributed by atoms with Crippen LogP contribution in [0.25, 0.3) is 0 Å². The van der Waals surface area contributed by atoms with Gasteiger partial charge < -0.3 is 4.74 Å². The summed E-state index contributed by atoms with van der Waals surface area (Å²) >= 11 is 3.43. The van der Waals surface area contributed by atoms with Gasteiger partial charge >= 0.3 is 0 Å². The lowest BCUT2D eigenvalue weighted by atomic mass is 10.1. The van der Waals surface area contributed by atoms with E-state index in [1.54, 1.807) is 7.11 Å². The van der Waals surface area contributed by atoms with Gasteiger partial charge in [0.2, 0.25) is 0 Å². The highest BCUT2D eigenvalue weighted by Crippen LogP contribution is 2.14. The van der Waals surface area contributed by atoms with Crippen molar-refractivity contribution in [3.8, 4) is 5.75 Å². The topological polar surface area (TPSA) is 9.23 Å². The molecule has 0 spiro atoms. The van der Waals surface area contributed by atoms with E-state index in [1.807, 2.05) is 12.1 Å². The van der Waals surface area contributed by atoms with E-state index >= 15 is 0 Å². The lowest BCUT2D eigenvalue weighted by molar-refractivity contribution is 0.414. The first-order valence-corrected chi connectivity index (χ1v) is 5.68. The van der Waals surface area contributed by atoms with Crippen LogP contribution >= 0.6 is 15.9 Å². The van der Waals surface area contributed by atoms with Crippen molar-refractivity contribution in [1.82, 2.24) is 0 Å². The number of unbranched alkanes of at least 4 members (excludes halogenated alkanes) is 1. The lowest BCUT2D eigenvalue weighted by Gasteiger charge is -2.03. The number of rotatable bonds is 5. The third-order valence-electron chi connectivity index (χ3n) is 1.98. The van der Waals surface area contributed by atoms with Crippen molar-refractivity contribution in [3.63, 3.8) is 0 Å². The number of halogens is 1. The lowest BCUT2D eigenvalue weighted by Crippen LogP contribution is -1.88. The molecule has 0 saturated heterocycles. The molecular formula is C11H15BrO. The van der Waals surface area contributed by atoms with Gasteiger partial charge in [0.25, 0.3) is 0 Å². The summed E-state index contributed by atoms with van der Waals surface area (Å²) in [4.78, 5) is 0.